The highest BCUT2D eigenvalue weighted by atomic mass is 35.5. The first-order chi connectivity index (χ1) is 7.22. The molecule has 1 aromatic carbocycles. The molecule has 0 radical (unpaired) electrons. The Labute approximate surface area is 97.6 Å². The van der Waals surface area contributed by atoms with Crippen LogP contribution >= 0.6 is 23.2 Å². The maximum absolute atomic E-state index is 6.07. The first-order valence-corrected chi connectivity index (χ1v) is 5.15. The first kappa shape index (κ1) is 10.3. The number of anilines is 1. The molecule has 0 saturated carbocycles. The van der Waals surface area contributed by atoms with E-state index in [1.54, 1.807) is 16.9 Å². The Morgan fingerprint density at radius 3 is 2.80 bits per heavy atom. The molecule has 5 heteroatoms. The lowest BCUT2D eigenvalue weighted by atomic mass is 10.3. The molecule has 0 spiro atoms. The third-order valence-electron chi connectivity index (χ3n) is 2.05. The summed E-state index contributed by atoms with van der Waals surface area (Å²) in [6.45, 7) is 0. The van der Waals surface area contributed by atoms with Crippen LogP contribution in [-0.4, -0.2) is 16.8 Å². The van der Waals surface area contributed by atoms with E-state index in [9.17, 15) is 0 Å². The van der Waals surface area contributed by atoms with Gasteiger partial charge in [0.15, 0.2) is 0 Å². The Hall–Kier alpha value is -1.19. The molecule has 1 heterocycles. The van der Waals surface area contributed by atoms with Crippen molar-refractivity contribution in [3.05, 3.63) is 40.6 Å². The number of rotatable bonds is 2. The maximum Gasteiger partial charge on any atom is 0.0849 e. The lowest BCUT2D eigenvalue weighted by molar-refractivity contribution is 0.881. The van der Waals surface area contributed by atoms with Crippen LogP contribution in [-0.2, 0) is 0 Å². The quantitative estimate of drug-likeness (QED) is 0.876. The number of benzene rings is 1. The SMILES string of the molecule is CNc1cnn(-c2cccc(Cl)c2Cl)c1. The average molecular weight is 242 g/mol. The summed E-state index contributed by atoms with van der Waals surface area (Å²) in [6.07, 6.45) is 3.56. The number of aromatic nitrogens is 2. The molecule has 0 bridgehead atoms. The second kappa shape index (κ2) is 4.13. The predicted molar refractivity (Wildman–Crippen MR) is 63.1 cm³/mol. The van der Waals surface area contributed by atoms with Crippen molar-refractivity contribution in [2.75, 3.05) is 12.4 Å². The fourth-order valence-corrected chi connectivity index (χ4v) is 1.64. The lowest BCUT2D eigenvalue weighted by Gasteiger charge is -2.04. The Morgan fingerprint density at radius 1 is 1.33 bits per heavy atom. The highest BCUT2D eigenvalue weighted by Crippen LogP contribution is 2.28. The highest BCUT2D eigenvalue weighted by molar-refractivity contribution is 6.43. The summed E-state index contributed by atoms with van der Waals surface area (Å²) in [6, 6.07) is 5.45. The van der Waals surface area contributed by atoms with Crippen molar-refractivity contribution in [3.63, 3.8) is 0 Å². The summed E-state index contributed by atoms with van der Waals surface area (Å²) in [5, 5.41) is 8.19. The van der Waals surface area contributed by atoms with E-state index in [1.165, 1.54) is 0 Å². The monoisotopic (exact) mass is 241 g/mol. The van der Waals surface area contributed by atoms with Crippen molar-refractivity contribution >= 4 is 28.9 Å². The van der Waals surface area contributed by atoms with Crippen molar-refractivity contribution in [1.82, 2.24) is 9.78 Å². The van der Waals surface area contributed by atoms with Crippen LogP contribution in [0.15, 0.2) is 30.6 Å². The molecule has 78 valence electrons. The van der Waals surface area contributed by atoms with E-state index in [0.717, 1.165) is 11.4 Å². The van der Waals surface area contributed by atoms with Crippen LogP contribution in [0, 0.1) is 0 Å². The van der Waals surface area contributed by atoms with E-state index in [2.05, 4.69) is 10.4 Å². The van der Waals surface area contributed by atoms with Crippen LogP contribution in [0.5, 0.6) is 0 Å². The molecule has 0 aliphatic carbocycles. The van der Waals surface area contributed by atoms with Crippen LogP contribution in [0.2, 0.25) is 10.0 Å². The normalized spacial score (nSPS) is 10.3. The van der Waals surface area contributed by atoms with Crippen LogP contribution in [0.25, 0.3) is 5.69 Å². The van der Waals surface area contributed by atoms with Gasteiger partial charge < -0.3 is 5.32 Å². The second-order valence-electron chi connectivity index (χ2n) is 3.00. The zero-order valence-electron chi connectivity index (χ0n) is 8.04. The number of nitrogens with one attached hydrogen (secondary N) is 1. The fraction of sp³-hybridized carbons (Fsp3) is 0.100. The Bertz CT molecular complexity index is 479. The van der Waals surface area contributed by atoms with Gasteiger partial charge in [-0.2, -0.15) is 5.10 Å². The molecule has 2 aromatic rings. The molecule has 1 N–H and O–H groups in total. The van der Waals surface area contributed by atoms with Crippen molar-refractivity contribution in [2.45, 2.75) is 0 Å². The van der Waals surface area contributed by atoms with Crippen LogP contribution in [0.4, 0.5) is 5.69 Å². The maximum atomic E-state index is 6.07. The van der Waals surface area contributed by atoms with Gasteiger partial charge in [-0.1, -0.05) is 29.3 Å². The van der Waals surface area contributed by atoms with E-state index < -0.39 is 0 Å². The second-order valence-corrected chi connectivity index (χ2v) is 3.78. The number of hydrogen-bond donors (Lipinski definition) is 1. The van der Waals surface area contributed by atoms with Gasteiger partial charge in [-0.25, -0.2) is 4.68 Å². The molecule has 0 aliphatic rings. The van der Waals surface area contributed by atoms with Crippen molar-refractivity contribution in [2.24, 2.45) is 0 Å². The van der Waals surface area contributed by atoms with Crippen LogP contribution < -0.4 is 5.32 Å². The molecule has 2 rings (SSSR count). The smallest absolute Gasteiger partial charge is 0.0849 e. The molecule has 0 saturated heterocycles. The van der Waals surface area contributed by atoms with Crippen molar-refractivity contribution in [3.8, 4) is 5.69 Å². The zero-order valence-corrected chi connectivity index (χ0v) is 9.55. The largest absolute Gasteiger partial charge is 0.386 e. The van der Waals surface area contributed by atoms with Gasteiger partial charge in [0, 0.05) is 7.05 Å². The molecule has 0 aliphatic heterocycles. The Morgan fingerprint density at radius 2 is 2.13 bits per heavy atom. The van der Waals surface area contributed by atoms with Crippen molar-refractivity contribution in [1.29, 1.82) is 0 Å². The lowest BCUT2D eigenvalue weighted by Crippen LogP contribution is -1.95. The minimum absolute atomic E-state index is 0.505. The van der Waals surface area contributed by atoms with E-state index >= 15 is 0 Å². The Kier molecular flexibility index (Phi) is 2.84. The van der Waals surface area contributed by atoms with Gasteiger partial charge in [0.1, 0.15) is 0 Å². The van der Waals surface area contributed by atoms with Gasteiger partial charge >= 0.3 is 0 Å². The molecule has 0 fully saturated rings. The summed E-state index contributed by atoms with van der Waals surface area (Å²) in [5.41, 5.74) is 1.69. The topological polar surface area (TPSA) is 29.9 Å². The predicted octanol–water partition coefficient (Wildman–Crippen LogP) is 3.22. The summed E-state index contributed by atoms with van der Waals surface area (Å²) in [5.74, 6) is 0. The number of halogens is 2. The minimum Gasteiger partial charge on any atom is -0.386 e. The van der Waals surface area contributed by atoms with Crippen molar-refractivity contribution < 1.29 is 0 Å². The Balaban J connectivity index is 2.49. The van der Waals surface area contributed by atoms with E-state index in [1.807, 2.05) is 25.4 Å². The first-order valence-electron chi connectivity index (χ1n) is 4.39. The molecular weight excluding hydrogens is 233 g/mol. The van der Waals surface area contributed by atoms with Gasteiger partial charge in [-0.3, -0.25) is 0 Å². The van der Waals surface area contributed by atoms with Gasteiger partial charge in [-0.05, 0) is 12.1 Å². The van der Waals surface area contributed by atoms with Crippen LogP contribution in [0.3, 0.4) is 0 Å². The molecule has 1 aromatic heterocycles. The summed E-state index contributed by atoms with van der Waals surface area (Å²) in [4.78, 5) is 0. The number of nitrogens with zero attached hydrogens (tertiary/aromatic N) is 2. The average Bonchev–Trinajstić information content (AvgIpc) is 2.70. The molecule has 0 unspecified atom stereocenters. The highest BCUT2D eigenvalue weighted by Gasteiger charge is 2.07. The van der Waals surface area contributed by atoms with Gasteiger partial charge in [0.05, 0.1) is 33.8 Å². The molecule has 0 amide bonds. The molecule has 3 nitrogen and oxygen atoms in total. The minimum atomic E-state index is 0.505. The zero-order chi connectivity index (χ0) is 10.8. The van der Waals surface area contributed by atoms with Gasteiger partial charge in [0.25, 0.3) is 0 Å². The van der Waals surface area contributed by atoms with Crippen LogP contribution in [0.1, 0.15) is 0 Å². The summed E-state index contributed by atoms with van der Waals surface area (Å²) < 4.78 is 1.68. The van der Waals surface area contributed by atoms with E-state index in [0.29, 0.717) is 10.0 Å². The summed E-state index contributed by atoms with van der Waals surface area (Å²) in [7, 11) is 1.83. The van der Waals surface area contributed by atoms with E-state index in [-0.39, 0.29) is 0 Å². The third kappa shape index (κ3) is 1.94. The third-order valence-corrected chi connectivity index (χ3v) is 2.86. The van der Waals surface area contributed by atoms with E-state index in [4.69, 9.17) is 23.2 Å². The number of hydrogen-bond acceptors (Lipinski definition) is 2. The van der Waals surface area contributed by atoms with Gasteiger partial charge in [0.2, 0.25) is 0 Å². The summed E-state index contributed by atoms with van der Waals surface area (Å²) >= 11 is 12.0. The standard InChI is InChI=1S/C10H9Cl2N3/c1-13-7-5-14-15(6-7)9-4-2-3-8(11)10(9)12/h2-6,13H,1H3. The molecular formula is C10H9Cl2N3. The fourth-order valence-electron chi connectivity index (χ4n) is 1.25. The molecule has 0 atom stereocenters. The van der Waals surface area contributed by atoms with Gasteiger partial charge in [-0.15, -0.1) is 0 Å². The molecule has 15 heavy (non-hydrogen) atoms.